The zero-order valence-electron chi connectivity index (χ0n) is 13.1. The van der Waals surface area contributed by atoms with Crippen LogP contribution in [0.25, 0.3) is 0 Å². The third-order valence-electron chi connectivity index (χ3n) is 3.06. The SMILES string of the molecule is COCCOc1ccc(NC(=O)NCC(O)c2ccco2)cc1F. The van der Waals surface area contributed by atoms with Gasteiger partial charge in [-0.3, -0.25) is 0 Å². The monoisotopic (exact) mass is 338 g/mol. The van der Waals surface area contributed by atoms with E-state index in [4.69, 9.17) is 13.9 Å². The lowest BCUT2D eigenvalue weighted by atomic mass is 10.2. The topological polar surface area (TPSA) is 93.0 Å². The molecule has 0 fully saturated rings. The van der Waals surface area contributed by atoms with E-state index in [2.05, 4.69) is 10.6 Å². The summed E-state index contributed by atoms with van der Waals surface area (Å²) in [6, 6.07) is 6.73. The molecule has 0 aliphatic carbocycles. The Morgan fingerprint density at radius 1 is 1.38 bits per heavy atom. The Morgan fingerprint density at radius 2 is 2.21 bits per heavy atom. The van der Waals surface area contributed by atoms with E-state index in [0.717, 1.165) is 6.07 Å². The molecule has 0 aliphatic rings. The fourth-order valence-electron chi connectivity index (χ4n) is 1.88. The second kappa shape index (κ2) is 8.90. The molecule has 0 radical (unpaired) electrons. The second-order valence-corrected chi connectivity index (χ2v) is 4.85. The molecule has 0 saturated carbocycles. The molecule has 3 N–H and O–H groups in total. The number of carbonyl (C=O) groups is 1. The van der Waals surface area contributed by atoms with Crippen molar-refractivity contribution >= 4 is 11.7 Å². The van der Waals surface area contributed by atoms with Gasteiger partial charge in [-0.2, -0.15) is 0 Å². The first-order valence-corrected chi connectivity index (χ1v) is 7.27. The predicted octanol–water partition coefficient (Wildman–Crippen LogP) is 2.30. The van der Waals surface area contributed by atoms with E-state index in [1.54, 1.807) is 12.1 Å². The lowest BCUT2D eigenvalue weighted by molar-refractivity contribution is 0.144. The molecule has 1 aromatic heterocycles. The maximum atomic E-state index is 13.8. The Kier molecular flexibility index (Phi) is 6.59. The highest BCUT2D eigenvalue weighted by Gasteiger charge is 2.12. The lowest BCUT2D eigenvalue weighted by Crippen LogP contribution is -2.32. The molecule has 1 unspecified atom stereocenters. The average molecular weight is 338 g/mol. The van der Waals surface area contributed by atoms with Gasteiger partial charge in [-0.05, 0) is 24.3 Å². The minimum absolute atomic E-state index is 0.0416. The number of urea groups is 1. The van der Waals surface area contributed by atoms with Crippen molar-refractivity contribution in [2.24, 2.45) is 0 Å². The van der Waals surface area contributed by atoms with Gasteiger partial charge in [-0.15, -0.1) is 0 Å². The summed E-state index contributed by atoms with van der Waals surface area (Å²) in [6.07, 6.45) is 0.469. The number of nitrogens with one attached hydrogen (secondary N) is 2. The maximum absolute atomic E-state index is 13.8. The van der Waals surface area contributed by atoms with Gasteiger partial charge in [-0.1, -0.05) is 0 Å². The maximum Gasteiger partial charge on any atom is 0.319 e. The summed E-state index contributed by atoms with van der Waals surface area (Å²) in [4.78, 5) is 11.8. The first-order valence-electron chi connectivity index (χ1n) is 7.27. The van der Waals surface area contributed by atoms with Crippen LogP contribution < -0.4 is 15.4 Å². The molecule has 0 aliphatic heterocycles. The van der Waals surface area contributed by atoms with Crippen molar-refractivity contribution < 1.29 is 28.2 Å². The third kappa shape index (κ3) is 5.25. The van der Waals surface area contributed by atoms with Crippen LogP contribution in [0.1, 0.15) is 11.9 Å². The molecular formula is C16H19FN2O5. The summed E-state index contributed by atoms with van der Waals surface area (Å²) in [5.74, 6) is -0.176. The summed E-state index contributed by atoms with van der Waals surface area (Å²) in [6.45, 7) is 0.533. The highest BCUT2D eigenvalue weighted by atomic mass is 19.1. The lowest BCUT2D eigenvalue weighted by Gasteiger charge is -2.12. The number of ether oxygens (including phenoxy) is 2. The Labute approximate surface area is 138 Å². The van der Waals surface area contributed by atoms with Gasteiger partial charge < -0.3 is 29.6 Å². The highest BCUT2D eigenvalue weighted by Crippen LogP contribution is 2.21. The highest BCUT2D eigenvalue weighted by molar-refractivity contribution is 5.89. The van der Waals surface area contributed by atoms with Crippen molar-refractivity contribution in [3.8, 4) is 5.75 Å². The molecule has 0 spiro atoms. The molecule has 7 nitrogen and oxygen atoms in total. The molecule has 2 amide bonds. The number of hydrogen-bond donors (Lipinski definition) is 3. The molecule has 24 heavy (non-hydrogen) atoms. The number of aliphatic hydroxyl groups excluding tert-OH is 1. The number of methoxy groups -OCH3 is 1. The molecule has 2 rings (SSSR count). The van der Waals surface area contributed by atoms with E-state index in [0.29, 0.717) is 12.4 Å². The summed E-state index contributed by atoms with van der Waals surface area (Å²) < 4.78 is 28.9. The molecule has 1 heterocycles. The van der Waals surface area contributed by atoms with Crippen LogP contribution in [-0.4, -0.2) is 38.0 Å². The normalized spacial score (nSPS) is 11.8. The minimum Gasteiger partial charge on any atom is -0.488 e. The van der Waals surface area contributed by atoms with Crippen LogP contribution in [-0.2, 0) is 4.74 Å². The number of benzene rings is 1. The zero-order valence-corrected chi connectivity index (χ0v) is 13.1. The first-order chi connectivity index (χ1) is 11.6. The average Bonchev–Trinajstić information content (AvgIpc) is 3.09. The molecule has 2 aromatic rings. The minimum atomic E-state index is -0.959. The fourth-order valence-corrected chi connectivity index (χ4v) is 1.88. The third-order valence-corrected chi connectivity index (χ3v) is 3.06. The van der Waals surface area contributed by atoms with Crippen LogP contribution in [0.3, 0.4) is 0 Å². The van der Waals surface area contributed by atoms with Gasteiger partial charge in [-0.25, -0.2) is 9.18 Å². The number of halogens is 1. The largest absolute Gasteiger partial charge is 0.488 e. The Hall–Kier alpha value is -2.58. The van der Waals surface area contributed by atoms with Crippen LogP contribution in [0, 0.1) is 5.82 Å². The fraction of sp³-hybridized carbons (Fsp3) is 0.312. The smallest absolute Gasteiger partial charge is 0.319 e. The van der Waals surface area contributed by atoms with Crippen molar-refractivity contribution in [2.45, 2.75) is 6.10 Å². The molecule has 1 atom stereocenters. The van der Waals surface area contributed by atoms with Gasteiger partial charge in [0.25, 0.3) is 0 Å². The molecular weight excluding hydrogens is 319 g/mol. The van der Waals surface area contributed by atoms with Crippen molar-refractivity contribution in [3.05, 3.63) is 48.2 Å². The number of amides is 2. The zero-order chi connectivity index (χ0) is 17.4. The van der Waals surface area contributed by atoms with E-state index in [1.807, 2.05) is 0 Å². The Bertz CT molecular complexity index is 648. The van der Waals surface area contributed by atoms with Crippen LogP contribution in [0.5, 0.6) is 5.75 Å². The van der Waals surface area contributed by atoms with Crippen LogP contribution in [0.2, 0.25) is 0 Å². The van der Waals surface area contributed by atoms with E-state index in [-0.39, 0.29) is 24.6 Å². The number of aliphatic hydroxyl groups is 1. The van der Waals surface area contributed by atoms with E-state index >= 15 is 0 Å². The molecule has 1 aromatic carbocycles. The molecule has 130 valence electrons. The van der Waals surface area contributed by atoms with Gasteiger partial charge in [0.15, 0.2) is 11.6 Å². The van der Waals surface area contributed by atoms with E-state index < -0.39 is 18.0 Å². The number of anilines is 1. The van der Waals surface area contributed by atoms with Crippen LogP contribution in [0.15, 0.2) is 41.0 Å². The number of rotatable bonds is 8. The van der Waals surface area contributed by atoms with Crippen molar-refractivity contribution in [2.75, 3.05) is 32.2 Å². The molecule has 0 bridgehead atoms. The van der Waals surface area contributed by atoms with Gasteiger partial charge in [0.05, 0.1) is 19.4 Å². The molecule has 0 saturated heterocycles. The van der Waals surface area contributed by atoms with E-state index in [9.17, 15) is 14.3 Å². The van der Waals surface area contributed by atoms with Crippen molar-refractivity contribution in [3.63, 3.8) is 0 Å². The van der Waals surface area contributed by atoms with Gasteiger partial charge in [0, 0.05) is 18.9 Å². The first kappa shape index (κ1) is 17.8. The quantitative estimate of drug-likeness (QED) is 0.642. The Morgan fingerprint density at radius 3 is 2.88 bits per heavy atom. The summed E-state index contributed by atoms with van der Waals surface area (Å²) in [7, 11) is 1.52. The summed E-state index contributed by atoms with van der Waals surface area (Å²) >= 11 is 0. The van der Waals surface area contributed by atoms with Gasteiger partial charge >= 0.3 is 6.03 Å². The number of carbonyl (C=O) groups excluding carboxylic acids is 1. The van der Waals surface area contributed by atoms with Crippen LogP contribution >= 0.6 is 0 Å². The number of furan rings is 1. The number of hydrogen-bond acceptors (Lipinski definition) is 5. The van der Waals surface area contributed by atoms with Crippen molar-refractivity contribution in [1.82, 2.24) is 5.32 Å². The second-order valence-electron chi connectivity index (χ2n) is 4.85. The van der Waals surface area contributed by atoms with Gasteiger partial charge in [0.2, 0.25) is 0 Å². The van der Waals surface area contributed by atoms with E-state index in [1.165, 1.54) is 25.5 Å². The van der Waals surface area contributed by atoms with Gasteiger partial charge in [0.1, 0.15) is 18.5 Å². The van der Waals surface area contributed by atoms with Crippen LogP contribution in [0.4, 0.5) is 14.9 Å². The standard InChI is InChI=1S/C16H19FN2O5/c1-22-7-8-24-14-5-4-11(9-12(14)17)19-16(21)18-10-13(20)15-3-2-6-23-15/h2-6,9,13,20H,7-8,10H2,1H3,(H2,18,19,21). The predicted molar refractivity (Wildman–Crippen MR) is 84.5 cm³/mol. The molecule has 8 heteroatoms. The van der Waals surface area contributed by atoms with Crippen molar-refractivity contribution in [1.29, 1.82) is 0 Å². The Balaban J connectivity index is 1.82. The summed E-state index contributed by atoms with van der Waals surface area (Å²) in [5, 5.41) is 14.7. The summed E-state index contributed by atoms with van der Waals surface area (Å²) in [5.41, 5.74) is 0.261.